The highest BCUT2D eigenvalue weighted by Gasteiger charge is 2.33. The number of carbonyl (C=O) groups is 2. The van der Waals surface area contributed by atoms with Crippen molar-refractivity contribution in [2.75, 3.05) is 7.11 Å². The van der Waals surface area contributed by atoms with Crippen LogP contribution in [0.1, 0.15) is 16.7 Å². The zero-order chi connectivity index (χ0) is 20.4. The highest BCUT2D eigenvalue weighted by molar-refractivity contribution is 6.13. The Bertz CT molecular complexity index is 1010. The van der Waals surface area contributed by atoms with Crippen LogP contribution in [0.15, 0.2) is 42.1 Å². The molecule has 1 aliphatic rings. The van der Waals surface area contributed by atoms with Crippen molar-refractivity contribution in [3.63, 3.8) is 0 Å². The van der Waals surface area contributed by atoms with Crippen LogP contribution < -0.4 is 10.1 Å². The lowest BCUT2D eigenvalue weighted by atomic mass is 10.1. The fourth-order valence-corrected chi connectivity index (χ4v) is 2.87. The Morgan fingerprint density at radius 2 is 2.04 bits per heavy atom. The first-order valence-corrected chi connectivity index (χ1v) is 8.25. The molecule has 0 aromatic heterocycles. The number of rotatable bonds is 5. The standard InChI is InChI=1S/C19H17N3O6/c1-11-4-3-5-12(6-11)10-21-18(24)14(20-19(21)25)7-13-8-15(22(26)27)17(23)16(9-13)28-2/h3-9,23H,10H2,1-2H3,(H,20,25)/b14-7+. The van der Waals surface area contributed by atoms with E-state index in [1.54, 1.807) is 0 Å². The summed E-state index contributed by atoms with van der Waals surface area (Å²) in [5.74, 6) is -1.28. The molecular weight excluding hydrogens is 366 g/mol. The maximum absolute atomic E-state index is 12.6. The van der Waals surface area contributed by atoms with Crippen LogP contribution in [0.25, 0.3) is 6.08 Å². The van der Waals surface area contributed by atoms with Gasteiger partial charge in [0.1, 0.15) is 5.70 Å². The van der Waals surface area contributed by atoms with Gasteiger partial charge in [0.15, 0.2) is 5.75 Å². The molecule has 2 aromatic carbocycles. The molecule has 144 valence electrons. The Morgan fingerprint density at radius 3 is 2.68 bits per heavy atom. The monoisotopic (exact) mass is 383 g/mol. The van der Waals surface area contributed by atoms with E-state index in [2.05, 4.69) is 5.32 Å². The summed E-state index contributed by atoms with van der Waals surface area (Å²) in [7, 11) is 1.25. The van der Waals surface area contributed by atoms with Crippen molar-refractivity contribution < 1.29 is 24.4 Å². The number of hydrogen-bond donors (Lipinski definition) is 2. The number of amides is 3. The molecule has 2 N–H and O–H groups in total. The molecule has 3 amide bonds. The lowest BCUT2D eigenvalue weighted by Gasteiger charge is -2.12. The van der Waals surface area contributed by atoms with Crippen LogP contribution in [-0.4, -0.2) is 34.0 Å². The molecule has 2 aromatic rings. The lowest BCUT2D eigenvalue weighted by molar-refractivity contribution is -0.386. The van der Waals surface area contributed by atoms with Crippen molar-refractivity contribution in [3.8, 4) is 11.5 Å². The molecule has 0 bridgehead atoms. The molecule has 28 heavy (non-hydrogen) atoms. The van der Waals surface area contributed by atoms with Gasteiger partial charge in [-0.15, -0.1) is 0 Å². The zero-order valence-corrected chi connectivity index (χ0v) is 15.1. The highest BCUT2D eigenvalue weighted by Crippen LogP contribution is 2.37. The largest absolute Gasteiger partial charge is 0.500 e. The first-order chi connectivity index (χ1) is 13.3. The van der Waals surface area contributed by atoms with E-state index in [9.17, 15) is 24.8 Å². The molecule has 1 heterocycles. The second-order valence-corrected chi connectivity index (χ2v) is 6.22. The maximum atomic E-state index is 12.6. The molecule has 1 aliphatic heterocycles. The molecule has 0 spiro atoms. The third-order valence-electron chi connectivity index (χ3n) is 4.19. The molecule has 9 nitrogen and oxygen atoms in total. The molecule has 3 rings (SSSR count). The summed E-state index contributed by atoms with van der Waals surface area (Å²) in [4.78, 5) is 36.2. The number of nitrogens with zero attached hydrogens (tertiary/aromatic N) is 2. The van der Waals surface area contributed by atoms with Gasteiger partial charge in [-0.3, -0.25) is 19.8 Å². The van der Waals surface area contributed by atoms with Crippen LogP contribution in [0.3, 0.4) is 0 Å². The van der Waals surface area contributed by atoms with Gasteiger partial charge >= 0.3 is 11.7 Å². The van der Waals surface area contributed by atoms with E-state index in [0.717, 1.165) is 22.1 Å². The van der Waals surface area contributed by atoms with Crippen LogP contribution in [0, 0.1) is 17.0 Å². The number of nitro benzene ring substituents is 1. The Balaban J connectivity index is 1.91. The molecule has 1 fully saturated rings. The maximum Gasteiger partial charge on any atom is 0.329 e. The smallest absolute Gasteiger partial charge is 0.329 e. The highest BCUT2D eigenvalue weighted by atomic mass is 16.6. The van der Waals surface area contributed by atoms with Gasteiger partial charge in [0.05, 0.1) is 18.6 Å². The summed E-state index contributed by atoms with van der Waals surface area (Å²) < 4.78 is 4.93. The molecule has 1 saturated heterocycles. The van der Waals surface area contributed by atoms with Crippen molar-refractivity contribution in [1.29, 1.82) is 0 Å². The average molecular weight is 383 g/mol. The van der Waals surface area contributed by atoms with Crippen molar-refractivity contribution >= 4 is 23.7 Å². The number of carbonyl (C=O) groups excluding carboxylic acids is 2. The summed E-state index contributed by atoms with van der Waals surface area (Å²) in [6, 6.07) is 9.26. The SMILES string of the molecule is COc1cc(/C=C2/NC(=O)N(Cc3cccc(C)c3)C2=O)cc([N+](=O)[O-])c1O. The van der Waals surface area contributed by atoms with Gasteiger partial charge < -0.3 is 15.2 Å². The van der Waals surface area contributed by atoms with E-state index >= 15 is 0 Å². The number of benzene rings is 2. The predicted octanol–water partition coefficient (Wildman–Crippen LogP) is 2.71. The van der Waals surface area contributed by atoms with Gasteiger partial charge in [-0.25, -0.2) is 4.79 Å². The number of imide groups is 1. The molecule has 0 radical (unpaired) electrons. The summed E-state index contributed by atoms with van der Waals surface area (Å²) in [5, 5.41) is 23.4. The Hall–Kier alpha value is -3.88. The first-order valence-electron chi connectivity index (χ1n) is 8.25. The Kier molecular flexibility index (Phi) is 4.99. The molecule has 0 atom stereocenters. The first kappa shape index (κ1) is 18.9. The third kappa shape index (κ3) is 3.63. The minimum Gasteiger partial charge on any atom is -0.500 e. The quantitative estimate of drug-likeness (QED) is 0.354. The van der Waals surface area contributed by atoms with E-state index in [1.165, 1.54) is 19.3 Å². The van der Waals surface area contributed by atoms with Gasteiger partial charge in [-0.2, -0.15) is 0 Å². The predicted molar refractivity (Wildman–Crippen MR) is 99.6 cm³/mol. The van der Waals surface area contributed by atoms with Crippen molar-refractivity contribution in [3.05, 3.63) is 68.9 Å². The van der Waals surface area contributed by atoms with Crippen LogP contribution in [0.5, 0.6) is 11.5 Å². The number of methoxy groups -OCH3 is 1. The average Bonchev–Trinajstić information content (AvgIpc) is 2.90. The minimum absolute atomic E-state index is 0.0281. The van der Waals surface area contributed by atoms with Gasteiger partial charge in [-0.05, 0) is 30.2 Å². The fraction of sp³-hybridized carbons (Fsp3) is 0.158. The normalized spacial score (nSPS) is 15.1. The van der Waals surface area contributed by atoms with Crippen molar-refractivity contribution in [1.82, 2.24) is 10.2 Å². The Labute approximate surface area is 160 Å². The molecule has 9 heteroatoms. The van der Waals surface area contributed by atoms with E-state index in [4.69, 9.17) is 4.74 Å². The third-order valence-corrected chi connectivity index (χ3v) is 4.19. The van der Waals surface area contributed by atoms with Crippen LogP contribution >= 0.6 is 0 Å². The number of hydrogen-bond acceptors (Lipinski definition) is 6. The van der Waals surface area contributed by atoms with Crippen molar-refractivity contribution in [2.45, 2.75) is 13.5 Å². The lowest BCUT2D eigenvalue weighted by Crippen LogP contribution is -2.30. The number of nitrogens with one attached hydrogen (secondary N) is 1. The molecule has 0 aliphatic carbocycles. The molecule has 0 unspecified atom stereocenters. The summed E-state index contributed by atoms with van der Waals surface area (Å²) in [6.07, 6.45) is 1.30. The number of nitro groups is 1. The number of phenols is 1. The summed E-state index contributed by atoms with van der Waals surface area (Å²) >= 11 is 0. The summed E-state index contributed by atoms with van der Waals surface area (Å²) in [5.41, 5.74) is 1.43. The topological polar surface area (TPSA) is 122 Å². The van der Waals surface area contributed by atoms with Gasteiger partial charge in [0.2, 0.25) is 5.75 Å². The second-order valence-electron chi connectivity index (χ2n) is 6.22. The Morgan fingerprint density at radius 1 is 1.29 bits per heavy atom. The molecule has 0 saturated carbocycles. The van der Waals surface area contributed by atoms with E-state index in [1.807, 2.05) is 31.2 Å². The van der Waals surface area contributed by atoms with Gasteiger partial charge in [0, 0.05) is 6.07 Å². The number of aryl methyl sites for hydroxylation is 1. The zero-order valence-electron chi connectivity index (χ0n) is 15.1. The second kappa shape index (κ2) is 7.39. The number of aromatic hydroxyl groups is 1. The fourth-order valence-electron chi connectivity index (χ4n) is 2.87. The van der Waals surface area contributed by atoms with E-state index in [0.29, 0.717) is 0 Å². The van der Waals surface area contributed by atoms with Crippen LogP contribution in [-0.2, 0) is 11.3 Å². The number of ether oxygens (including phenoxy) is 1. The van der Waals surface area contributed by atoms with Crippen LogP contribution in [0.4, 0.5) is 10.5 Å². The molecular formula is C19H17N3O6. The van der Waals surface area contributed by atoms with Crippen LogP contribution in [0.2, 0.25) is 0 Å². The van der Waals surface area contributed by atoms with Gasteiger partial charge in [0.25, 0.3) is 5.91 Å². The number of phenolic OH excluding ortho intramolecular Hbond substituents is 1. The minimum atomic E-state index is -0.765. The van der Waals surface area contributed by atoms with Crippen molar-refractivity contribution in [2.24, 2.45) is 0 Å². The van der Waals surface area contributed by atoms with Gasteiger partial charge in [-0.1, -0.05) is 29.8 Å². The van der Waals surface area contributed by atoms with E-state index in [-0.39, 0.29) is 23.6 Å². The summed E-state index contributed by atoms with van der Waals surface area (Å²) in [6.45, 7) is 2.01. The number of urea groups is 1. The van der Waals surface area contributed by atoms with E-state index < -0.39 is 28.3 Å².